The fraction of sp³-hybridized carbons (Fsp3) is 0.217. The van der Waals surface area contributed by atoms with Gasteiger partial charge in [0.2, 0.25) is 5.95 Å². The van der Waals surface area contributed by atoms with Gasteiger partial charge in [-0.15, -0.1) is 10.2 Å². The van der Waals surface area contributed by atoms with Crippen LogP contribution in [0.1, 0.15) is 36.8 Å². The first kappa shape index (κ1) is 21.1. The molecule has 0 saturated heterocycles. The molecule has 0 bridgehead atoms. The molecule has 0 aliphatic rings. The highest BCUT2D eigenvalue weighted by atomic mass is 15.2. The number of nitrogens with one attached hydrogen (secondary N) is 3. The molecule has 4 rings (SSSR count). The molecule has 0 spiro atoms. The van der Waals surface area contributed by atoms with Crippen molar-refractivity contribution in [1.82, 2.24) is 34.9 Å². The van der Waals surface area contributed by atoms with E-state index in [4.69, 9.17) is 5.41 Å². The third-order valence-corrected chi connectivity index (χ3v) is 5.04. The molecule has 162 valence electrons. The van der Waals surface area contributed by atoms with Crippen LogP contribution in [0, 0.1) is 5.41 Å². The van der Waals surface area contributed by atoms with E-state index in [9.17, 15) is 0 Å². The maximum Gasteiger partial charge on any atom is 0.228 e. The lowest BCUT2D eigenvalue weighted by atomic mass is 10.0. The summed E-state index contributed by atoms with van der Waals surface area (Å²) in [6.07, 6.45) is 8.88. The normalized spacial score (nSPS) is 11.7. The van der Waals surface area contributed by atoms with Crippen molar-refractivity contribution < 1.29 is 0 Å². The summed E-state index contributed by atoms with van der Waals surface area (Å²) in [6.45, 7) is 4.34. The Morgan fingerprint density at radius 1 is 1.12 bits per heavy atom. The second-order valence-corrected chi connectivity index (χ2v) is 7.56. The van der Waals surface area contributed by atoms with E-state index < -0.39 is 0 Å². The first-order valence-corrected chi connectivity index (χ1v) is 10.3. The van der Waals surface area contributed by atoms with Crippen LogP contribution in [0.3, 0.4) is 0 Å². The van der Waals surface area contributed by atoms with Gasteiger partial charge in [0.15, 0.2) is 5.65 Å². The summed E-state index contributed by atoms with van der Waals surface area (Å²) in [5, 5.41) is 22.0. The smallest absolute Gasteiger partial charge is 0.228 e. The molecule has 4 aromatic heterocycles. The van der Waals surface area contributed by atoms with Crippen LogP contribution in [-0.4, -0.2) is 42.8 Å². The molecular formula is C23H25N9. The third-order valence-electron chi connectivity index (χ3n) is 5.04. The lowest BCUT2D eigenvalue weighted by molar-refractivity contribution is 0.847. The minimum atomic E-state index is 0.433. The molecule has 0 aliphatic heterocycles. The second kappa shape index (κ2) is 9.34. The van der Waals surface area contributed by atoms with Crippen LogP contribution in [0.4, 0.5) is 5.95 Å². The number of anilines is 1. The van der Waals surface area contributed by atoms with Crippen molar-refractivity contribution in [3.05, 3.63) is 77.9 Å². The summed E-state index contributed by atoms with van der Waals surface area (Å²) >= 11 is 0. The summed E-state index contributed by atoms with van der Waals surface area (Å²) in [5.41, 5.74) is 4.64. The van der Waals surface area contributed by atoms with E-state index in [1.165, 1.54) is 11.8 Å². The van der Waals surface area contributed by atoms with Crippen LogP contribution in [0.25, 0.3) is 16.9 Å². The standard InChI is InChI=1S/C23H25N9/c1-15(2)16-5-9-26-18(12-16)14-22-31-30-21-13-17(7-11-32(21)22)19-6-10-27-23(28-19)29-20(25-3)4-8-24/h4-13,15,24-25H,14H2,1-3H3,(H,27,28,29)/b20-4+,24-8?. The zero-order valence-electron chi connectivity index (χ0n) is 18.2. The molecule has 0 fully saturated rings. The van der Waals surface area contributed by atoms with Gasteiger partial charge in [0.05, 0.1) is 12.1 Å². The van der Waals surface area contributed by atoms with Crippen molar-refractivity contribution in [3.63, 3.8) is 0 Å². The molecular weight excluding hydrogens is 402 g/mol. The van der Waals surface area contributed by atoms with Gasteiger partial charge in [-0.25, -0.2) is 9.97 Å². The van der Waals surface area contributed by atoms with E-state index in [2.05, 4.69) is 55.7 Å². The molecule has 0 unspecified atom stereocenters. The first-order chi connectivity index (χ1) is 15.6. The van der Waals surface area contributed by atoms with Crippen molar-refractivity contribution >= 4 is 17.8 Å². The van der Waals surface area contributed by atoms with Gasteiger partial charge in [-0.1, -0.05) is 13.8 Å². The van der Waals surface area contributed by atoms with Gasteiger partial charge in [-0.3, -0.25) is 9.38 Å². The predicted molar refractivity (Wildman–Crippen MR) is 125 cm³/mol. The van der Waals surface area contributed by atoms with Gasteiger partial charge < -0.3 is 16.0 Å². The zero-order chi connectivity index (χ0) is 22.5. The SMILES string of the molecule is CN/C(=C\C=N)Nc1nccc(-c2ccn3c(Cc4cc(C(C)C)ccn4)nnc3c2)n1. The first-order valence-electron chi connectivity index (χ1n) is 10.3. The molecule has 0 saturated carbocycles. The number of aromatic nitrogens is 6. The Labute approximate surface area is 186 Å². The molecule has 0 atom stereocenters. The summed E-state index contributed by atoms with van der Waals surface area (Å²) < 4.78 is 1.97. The van der Waals surface area contributed by atoms with Gasteiger partial charge in [0, 0.05) is 43.1 Å². The topological polar surface area (TPSA) is 117 Å². The fourth-order valence-corrected chi connectivity index (χ4v) is 3.31. The number of allylic oxidation sites excluding steroid dienone is 1. The largest absolute Gasteiger partial charge is 0.375 e. The van der Waals surface area contributed by atoms with Gasteiger partial charge >= 0.3 is 0 Å². The average molecular weight is 428 g/mol. The number of nitrogens with zero attached hydrogens (tertiary/aromatic N) is 6. The van der Waals surface area contributed by atoms with Gasteiger partial charge in [-0.2, -0.15) is 0 Å². The van der Waals surface area contributed by atoms with E-state index in [1.54, 1.807) is 19.3 Å². The summed E-state index contributed by atoms with van der Waals surface area (Å²) in [6, 6.07) is 9.95. The quantitative estimate of drug-likeness (QED) is 0.369. The van der Waals surface area contributed by atoms with Crippen LogP contribution in [0.15, 0.2) is 60.8 Å². The monoisotopic (exact) mass is 427 g/mol. The third kappa shape index (κ3) is 4.61. The lowest BCUT2D eigenvalue weighted by Gasteiger charge is -2.09. The zero-order valence-corrected chi connectivity index (χ0v) is 18.2. The number of fused-ring (bicyclic) bond motifs is 1. The van der Waals surface area contributed by atoms with Crippen LogP contribution in [0.5, 0.6) is 0 Å². The lowest BCUT2D eigenvalue weighted by Crippen LogP contribution is -2.16. The minimum absolute atomic E-state index is 0.433. The van der Waals surface area contributed by atoms with Crippen LogP contribution in [0.2, 0.25) is 0 Å². The summed E-state index contributed by atoms with van der Waals surface area (Å²) in [5.74, 6) is 2.35. The number of rotatable bonds is 8. The molecule has 3 N–H and O–H groups in total. The highest BCUT2D eigenvalue weighted by Crippen LogP contribution is 2.21. The Hall–Kier alpha value is -4.14. The maximum absolute atomic E-state index is 7.22. The van der Waals surface area contributed by atoms with Crippen molar-refractivity contribution in [2.24, 2.45) is 0 Å². The van der Waals surface area contributed by atoms with Gasteiger partial charge in [-0.05, 0) is 47.9 Å². The van der Waals surface area contributed by atoms with Crippen LogP contribution in [-0.2, 0) is 6.42 Å². The molecule has 32 heavy (non-hydrogen) atoms. The average Bonchev–Trinajstić information content (AvgIpc) is 3.21. The summed E-state index contributed by atoms with van der Waals surface area (Å²) in [4.78, 5) is 13.3. The predicted octanol–water partition coefficient (Wildman–Crippen LogP) is 3.42. The van der Waals surface area contributed by atoms with E-state index >= 15 is 0 Å². The number of hydrogen-bond donors (Lipinski definition) is 3. The van der Waals surface area contributed by atoms with E-state index in [0.717, 1.165) is 28.4 Å². The van der Waals surface area contributed by atoms with Crippen molar-refractivity contribution in [3.8, 4) is 11.3 Å². The number of hydrogen-bond acceptors (Lipinski definition) is 8. The molecule has 0 aromatic carbocycles. The van der Waals surface area contributed by atoms with E-state index in [1.807, 2.05) is 41.1 Å². The Morgan fingerprint density at radius 2 is 1.97 bits per heavy atom. The number of pyridine rings is 2. The van der Waals surface area contributed by atoms with Crippen LogP contribution >= 0.6 is 0 Å². The van der Waals surface area contributed by atoms with Crippen molar-refractivity contribution in [2.45, 2.75) is 26.2 Å². The van der Waals surface area contributed by atoms with E-state index in [0.29, 0.717) is 24.1 Å². The van der Waals surface area contributed by atoms with Crippen molar-refractivity contribution in [1.29, 1.82) is 5.41 Å². The molecule has 4 aromatic rings. The molecule has 0 amide bonds. The molecule has 0 aliphatic carbocycles. The summed E-state index contributed by atoms with van der Waals surface area (Å²) in [7, 11) is 1.76. The maximum atomic E-state index is 7.22. The molecule has 4 heterocycles. The van der Waals surface area contributed by atoms with Crippen molar-refractivity contribution in [2.75, 3.05) is 12.4 Å². The van der Waals surface area contributed by atoms with Crippen LogP contribution < -0.4 is 10.6 Å². The Bertz CT molecular complexity index is 1270. The highest BCUT2D eigenvalue weighted by Gasteiger charge is 2.11. The minimum Gasteiger partial charge on any atom is -0.375 e. The Morgan fingerprint density at radius 3 is 2.75 bits per heavy atom. The molecule has 9 heteroatoms. The van der Waals surface area contributed by atoms with Gasteiger partial charge in [0.1, 0.15) is 11.6 Å². The molecule has 9 nitrogen and oxygen atoms in total. The Kier molecular flexibility index (Phi) is 6.16. The molecule has 0 radical (unpaired) electrons. The Balaban J connectivity index is 1.59. The fourth-order valence-electron chi connectivity index (χ4n) is 3.31. The van der Waals surface area contributed by atoms with Gasteiger partial charge in [0.25, 0.3) is 0 Å². The second-order valence-electron chi connectivity index (χ2n) is 7.56. The highest BCUT2D eigenvalue weighted by molar-refractivity contribution is 5.70. The van der Waals surface area contributed by atoms with E-state index in [-0.39, 0.29) is 0 Å².